The standard InChI is InChI=1S/C2H7N3Si/c1-6-2-4-5-3/h2,6H2,1H3. The molecule has 0 bridgehead atoms. The van der Waals surface area contributed by atoms with E-state index in [9.17, 15) is 0 Å². The third kappa shape index (κ3) is 3.53. The Morgan fingerprint density at radius 3 is 2.83 bits per heavy atom. The molecule has 0 aromatic heterocycles. The molecule has 0 aliphatic carbocycles. The largest absolute Gasteiger partial charge is 0.0975 e. The summed E-state index contributed by atoms with van der Waals surface area (Å²) >= 11 is 0. The van der Waals surface area contributed by atoms with Gasteiger partial charge in [0.15, 0.2) is 0 Å². The normalized spacial score (nSPS) is 8.83. The molecule has 0 aliphatic rings. The van der Waals surface area contributed by atoms with E-state index in [4.69, 9.17) is 5.53 Å². The number of hydrogen-bond acceptors (Lipinski definition) is 1. The Morgan fingerprint density at radius 1 is 2.00 bits per heavy atom. The van der Waals surface area contributed by atoms with Gasteiger partial charge in [0.25, 0.3) is 0 Å². The number of azide groups is 1. The summed E-state index contributed by atoms with van der Waals surface area (Å²) < 4.78 is 0. The highest BCUT2D eigenvalue weighted by Crippen LogP contribution is 1.63. The van der Waals surface area contributed by atoms with Crippen LogP contribution in [-0.2, 0) is 0 Å². The Morgan fingerprint density at radius 2 is 2.67 bits per heavy atom. The molecule has 0 rings (SSSR count). The average Bonchev–Trinajstić information content (AvgIpc) is 1.61. The summed E-state index contributed by atoms with van der Waals surface area (Å²) in [6, 6.07) is 0. The molecule has 3 nitrogen and oxygen atoms in total. The summed E-state index contributed by atoms with van der Waals surface area (Å²) in [5.41, 5.74) is 7.68. The lowest BCUT2D eigenvalue weighted by Gasteiger charge is -1.70. The van der Waals surface area contributed by atoms with Crippen molar-refractivity contribution in [3.8, 4) is 0 Å². The molecule has 0 amide bonds. The molecule has 0 radical (unpaired) electrons. The third-order valence-corrected chi connectivity index (χ3v) is 1.03. The SMILES string of the molecule is C[SiH2]CN=[N+]=[N-]. The Kier molecular flexibility index (Phi) is 4.17. The first-order valence-electron chi connectivity index (χ1n) is 1.92. The molecular formula is C2H7N3Si. The molecule has 0 saturated carbocycles. The molecule has 0 atom stereocenters. The van der Waals surface area contributed by atoms with Gasteiger partial charge >= 0.3 is 0 Å². The van der Waals surface area contributed by atoms with Gasteiger partial charge in [0.05, 0.1) is 0 Å². The van der Waals surface area contributed by atoms with Crippen LogP contribution in [0.4, 0.5) is 0 Å². The second-order valence-electron chi connectivity index (χ2n) is 0.954. The Hall–Kier alpha value is -0.473. The van der Waals surface area contributed by atoms with Crippen molar-refractivity contribution in [2.75, 3.05) is 6.17 Å². The van der Waals surface area contributed by atoms with Crippen LogP contribution in [0.5, 0.6) is 0 Å². The summed E-state index contributed by atoms with van der Waals surface area (Å²) in [5, 5.41) is 3.33. The van der Waals surface area contributed by atoms with Crippen LogP contribution < -0.4 is 0 Å². The van der Waals surface area contributed by atoms with E-state index in [1.54, 1.807) is 0 Å². The van der Waals surface area contributed by atoms with Crippen LogP contribution in [0, 0.1) is 0 Å². The fourth-order valence-corrected chi connectivity index (χ4v) is 0.434. The summed E-state index contributed by atoms with van der Waals surface area (Å²) in [6.07, 6.45) is 0.760. The second-order valence-corrected chi connectivity index (χ2v) is 2.40. The molecule has 0 aliphatic heterocycles. The van der Waals surface area contributed by atoms with Gasteiger partial charge in [-0.05, 0) is 5.53 Å². The van der Waals surface area contributed by atoms with E-state index >= 15 is 0 Å². The fraction of sp³-hybridized carbons (Fsp3) is 1.00. The monoisotopic (exact) mass is 101 g/mol. The highest BCUT2D eigenvalue weighted by atomic mass is 28.2. The van der Waals surface area contributed by atoms with Gasteiger partial charge in [0.1, 0.15) is 0 Å². The molecule has 0 unspecified atom stereocenters. The predicted molar refractivity (Wildman–Crippen MR) is 28.4 cm³/mol. The number of hydrogen-bond donors (Lipinski definition) is 0. The van der Waals surface area contributed by atoms with Crippen LogP contribution in [0.1, 0.15) is 0 Å². The van der Waals surface area contributed by atoms with E-state index in [0.717, 1.165) is 6.17 Å². The molecule has 0 spiro atoms. The lowest BCUT2D eigenvalue weighted by molar-refractivity contribution is 1.31. The molecule has 6 heavy (non-hydrogen) atoms. The van der Waals surface area contributed by atoms with Crippen molar-refractivity contribution in [3.05, 3.63) is 10.4 Å². The topological polar surface area (TPSA) is 48.8 Å². The van der Waals surface area contributed by atoms with Gasteiger partial charge in [-0.15, -0.1) is 0 Å². The van der Waals surface area contributed by atoms with Gasteiger partial charge in [-0.3, -0.25) is 0 Å². The smallest absolute Gasteiger partial charge is 0.0241 e. The summed E-state index contributed by atoms with van der Waals surface area (Å²) in [7, 11) is -0.0174. The Balaban J connectivity index is 2.86. The maximum absolute atomic E-state index is 7.68. The highest BCUT2D eigenvalue weighted by Gasteiger charge is 1.67. The number of rotatable bonds is 2. The quantitative estimate of drug-likeness (QED) is 0.210. The molecule has 34 valence electrons. The van der Waals surface area contributed by atoms with Gasteiger partial charge in [0, 0.05) is 20.6 Å². The first-order chi connectivity index (χ1) is 2.91. The van der Waals surface area contributed by atoms with Crippen LogP contribution >= 0.6 is 0 Å². The second kappa shape index (κ2) is 4.53. The van der Waals surface area contributed by atoms with E-state index < -0.39 is 0 Å². The highest BCUT2D eigenvalue weighted by molar-refractivity contribution is 6.33. The van der Waals surface area contributed by atoms with Gasteiger partial charge in [0.2, 0.25) is 0 Å². The zero-order chi connectivity index (χ0) is 4.83. The first kappa shape index (κ1) is 5.53. The molecule has 0 aromatic rings. The molecule has 4 heteroatoms. The van der Waals surface area contributed by atoms with Crippen molar-refractivity contribution >= 4 is 9.52 Å². The fourth-order valence-electron chi connectivity index (χ4n) is 0.145. The lowest BCUT2D eigenvalue weighted by Crippen LogP contribution is -1.82. The van der Waals surface area contributed by atoms with Crippen molar-refractivity contribution in [3.63, 3.8) is 0 Å². The third-order valence-electron chi connectivity index (χ3n) is 0.387. The Bertz CT molecular complexity index is 65.2. The van der Waals surface area contributed by atoms with Crippen LogP contribution in [0.15, 0.2) is 5.11 Å². The van der Waals surface area contributed by atoms with E-state index in [1.807, 2.05) is 0 Å². The Labute approximate surface area is 38.8 Å². The minimum absolute atomic E-state index is 0.0174. The lowest BCUT2D eigenvalue weighted by atomic mass is 11.5. The van der Waals surface area contributed by atoms with E-state index in [2.05, 4.69) is 16.6 Å². The molecule has 0 heterocycles. The van der Waals surface area contributed by atoms with Gasteiger partial charge < -0.3 is 0 Å². The van der Waals surface area contributed by atoms with Crippen molar-refractivity contribution in [1.29, 1.82) is 0 Å². The van der Waals surface area contributed by atoms with Crippen LogP contribution in [-0.4, -0.2) is 15.7 Å². The van der Waals surface area contributed by atoms with Gasteiger partial charge in [-0.2, -0.15) is 0 Å². The minimum atomic E-state index is -0.0174. The maximum atomic E-state index is 7.68. The predicted octanol–water partition coefficient (Wildman–Crippen LogP) is 0.471. The first-order valence-corrected chi connectivity index (χ1v) is 4.34. The molecule has 0 saturated heterocycles. The van der Waals surface area contributed by atoms with E-state index in [0.29, 0.717) is 0 Å². The summed E-state index contributed by atoms with van der Waals surface area (Å²) in [5.74, 6) is 0. The summed E-state index contributed by atoms with van der Waals surface area (Å²) in [6.45, 7) is 2.11. The minimum Gasteiger partial charge on any atom is -0.0975 e. The summed E-state index contributed by atoms with van der Waals surface area (Å²) in [4.78, 5) is 2.59. The van der Waals surface area contributed by atoms with Crippen molar-refractivity contribution in [1.82, 2.24) is 0 Å². The van der Waals surface area contributed by atoms with Crippen LogP contribution in [0.2, 0.25) is 6.55 Å². The van der Waals surface area contributed by atoms with Crippen molar-refractivity contribution < 1.29 is 0 Å². The maximum Gasteiger partial charge on any atom is 0.0241 e. The molecular weight excluding hydrogens is 94.1 g/mol. The molecule has 0 N–H and O–H groups in total. The van der Waals surface area contributed by atoms with Crippen LogP contribution in [0.3, 0.4) is 0 Å². The van der Waals surface area contributed by atoms with Gasteiger partial charge in [-0.25, -0.2) is 0 Å². The zero-order valence-corrected chi connectivity index (χ0v) is 5.17. The van der Waals surface area contributed by atoms with Gasteiger partial charge in [-0.1, -0.05) is 11.7 Å². The van der Waals surface area contributed by atoms with E-state index in [1.165, 1.54) is 0 Å². The van der Waals surface area contributed by atoms with E-state index in [-0.39, 0.29) is 9.52 Å². The average molecular weight is 101 g/mol. The molecule has 0 fully saturated rings. The number of nitrogens with zero attached hydrogens (tertiary/aromatic N) is 3. The van der Waals surface area contributed by atoms with Crippen molar-refractivity contribution in [2.24, 2.45) is 5.11 Å². The zero-order valence-electron chi connectivity index (χ0n) is 3.76. The molecule has 0 aromatic carbocycles. The van der Waals surface area contributed by atoms with Crippen LogP contribution in [0.25, 0.3) is 10.4 Å². The van der Waals surface area contributed by atoms with Crippen molar-refractivity contribution in [2.45, 2.75) is 6.55 Å².